The molecule has 0 bridgehead atoms. The summed E-state index contributed by atoms with van der Waals surface area (Å²) in [6, 6.07) is 7.60. The lowest BCUT2D eigenvalue weighted by Gasteiger charge is -2.50. The Morgan fingerprint density at radius 3 is 1.88 bits per heavy atom. The average Bonchev–Trinajstić information content (AvgIpc) is 3.13. The molecule has 3 aliphatic heterocycles. The minimum Gasteiger partial charge on any atom is -0.463 e. The second-order valence-corrected chi connectivity index (χ2v) is 16.4. The van der Waals surface area contributed by atoms with Gasteiger partial charge in [0.1, 0.15) is 31.5 Å². The predicted octanol–water partition coefficient (Wildman–Crippen LogP) is 6.93. The fourth-order valence-corrected chi connectivity index (χ4v) is 7.17. The van der Waals surface area contributed by atoms with Gasteiger partial charge in [0.05, 0.1) is 37.1 Å². The van der Waals surface area contributed by atoms with Crippen molar-refractivity contribution in [3.05, 3.63) is 56.8 Å². The van der Waals surface area contributed by atoms with E-state index in [0.29, 0.717) is 0 Å². The molecule has 310 valence electrons. The third-order valence-corrected chi connectivity index (χ3v) is 10.8. The maximum absolute atomic E-state index is 11.9. The molecule has 3 fully saturated rings. The number of benzene rings is 1. The minimum absolute atomic E-state index is 0.0147. The van der Waals surface area contributed by atoms with Gasteiger partial charge >= 0.3 is 11.9 Å². The quantitative estimate of drug-likeness (QED) is 0.0383. The molecule has 0 radical (unpaired) electrons. The first-order valence-corrected chi connectivity index (χ1v) is 19.2. The summed E-state index contributed by atoms with van der Waals surface area (Å²) in [6.45, 7) is 11.6. The van der Waals surface area contributed by atoms with Gasteiger partial charge in [-0.25, -0.2) is 0 Å². The van der Waals surface area contributed by atoms with Crippen LogP contribution in [0.15, 0.2) is 40.6 Å². The highest BCUT2D eigenvalue weighted by molar-refractivity contribution is 6.76. The second-order valence-electron chi connectivity index (χ2n) is 14.1. The molecule has 0 saturated carbocycles. The van der Waals surface area contributed by atoms with Gasteiger partial charge in [-0.1, -0.05) is 103 Å². The van der Waals surface area contributed by atoms with Gasteiger partial charge in [0.25, 0.3) is 3.79 Å². The number of carbonyl (C=O) groups is 2. The number of halogens is 3. The summed E-state index contributed by atoms with van der Waals surface area (Å²) in [6.07, 6.45) is -8.33. The molecule has 18 nitrogen and oxygen atoms in total. The van der Waals surface area contributed by atoms with E-state index in [2.05, 4.69) is 20.1 Å². The molecule has 4 rings (SSSR count). The highest BCUT2D eigenvalue weighted by Crippen LogP contribution is 2.41. The molecule has 0 spiro atoms. The first kappa shape index (κ1) is 45.6. The molecular weight excluding hydrogens is 801 g/mol. The van der Waals surface area contributed by atoms with E-state index in [1.165, 1.54) is 13.8 Å². The summed E-state index contributed by atoms with van der Waals surface area (Å²) >= 11 is 17.6. The van der Waals surface area contributed by atoms with Crippen LogP contribution in [0.4, 0.5) is 0 Å². The maximum atomic E-state index is 11.9. The van der Waals surface area contributed by atoms with Crippen LogP contribution in [0.25, 0.3) is 20.9 Å². The number of esters is 2. The van der Waals surface area contributed by atoms with Gasteiger partial charge in [0.2, 0.25) is 12.2 Å². The number of hydrogen-bond acceptors (Lipinski definition) is 14. The van der Waals surface area contributed by atoms with Crippen LogP contribution in [0.1, 0.15) is 54.0 Å². The molecule has 21 heteroatoms. The van der Waals surface area contributed by atoms with Gasteiger partial charge in [-0.05, 0) is 41.3 Å². The highest BCUT2D eigenvalue weighted by atomic mass is 35.6. The van der Waals surface area contributed by atoms with E-state index in [-0.39, 0.29) is 31.7 Å². The Labute approximate surface area is 339 Å². The molecule has 1 N–H and O–H groups in total. The normalized spacial score (nSPS) is 35.9. The standard InChI is InChI=1S/C35H48Cl3N7O11/c1-16-17(2)26(42-44-40)31(52-24(16)14-48-21(6)46)54-28-19(4)30(50-13-23-11-9-8-10-12-23)33(51-20(28)5)55-29-18(3)27(43-45-41)32(56-34(39)35(36,37)38)53-25(29)15-49-22(7)47/h8-12,16-20,24-33,39H,13-15H2,1-7H3/t16-,17-,18+,19-,20?,24?,25?,26?,27?,28-,29-,30?,31+,32?,33-/m0/s1. The van der Waals surface area contributed by atoms with Crippen LogP contribution < -0.4 is 0 Å². The Morgan fingerprint density at radius 1 is 0.750 bits per heavy atom. The van der Waals surface area contributed by atoms with Gasteiger partial charge in [0, 0.05) is 29.6 Å². The maximum Gasteiger partial charge on any atom is 0.302 e. The molecule has 0 amide bonds. The average molecular weight is 849 g/mol. The van der Waals surface area contributed by atoms with Crippen LogP contribution >= 0.6 is 34.8 Å². The number of alkyl halides is 3. The van der Waals surface area contributed by atoms with Crippen LogP contribution in [0.3, 0.4) is 0 Å². The molecule has 3 aliphatic rings. The number of hydrogen-bond donors (Lipinski definition) is 1. The number of rotatable bonds is 14. The van der Waals surface area contributed by atoms with Crippen molar-refractivity contribution in [2.75, 3.05) is 13.2 Å². The van der Waals surface area contributed by atoms with Crippen molar-refractivity contribution in [2.45, 2.75) is 126 Å². The lowest BCUT2D eigenvalue weighted by atomic mass is 9.82. The Morgan fingerprint density at radius 2 is 1.30 bits per heavy atom. The van der Waals surface area contributed by atoms with Crippen molar-refractivity contribution < 1.29 is 52.2 Å². The van der Waals surface area contributed by atoms with Crippen LogP contribution in [0.5, 0.6) is 0 Å². The smallest absolute Gasteiger partial charge is 0.302 e. The summed E-state index contributed by atoms with van der Waals surface area (Å²) in [7, 11) is 0. The third kappa shape index (κ3) is 11.7. The van der Waals surface area contributed by atoms with Crippen LogP contribution in [-0.2, 0) is 58.8 Å². The molecule has 3 heterocycles. The van der Waals surface area contributed by atoms with E-state index in [1.807, 2.05) is 51.1 Å². The number of azide groups is 2. The monoisotopic (exact) mass is 847 g/mol. The second kappa shape index (κ2) is 20.5. The summed E-state index contributed by atoms with van der Waals surface area (Å²) in [5.41, 5.74) is 19.8. The largest absolute Gasteiger partial charge is 0.463 e. The van der Waals surface area contributed by atoms with E-state index < -0.39 is 101 Å². The van der Waals surface area contributed by atoms with E-state index in [1.54, 1.807) is 13.8 Å². The van der Waals surface area contributed by atoms with Gasteiger partial charge in [-0.2, -0.15) is 0 Å². The van der Waals surface area contributed by atoms with Crippen molar-refractivity contribution >= 4 is 52.6 Å². The van der Waals surface area contributed by atoms with E-state index in [9.17, 15) is 20.7 Å². The molecule has 15 atom stereocenters. The van der Waals surface area contributed by atoms with Crippen molar-refractivity contribution in [1.29, 1.82) is 5.41 Å². The highest BCUT2D eigenvalue weighted by Gasteiger charge is 2.53. The molecule has 1 aromatic carbocycles. The molecule has 0 aromatic heterocycles. The van der Waals surface area contributed by atoms with Crippen LogP contribution in [-0.4, -0.2) is 102 Å². The third-order valence-electron chi connectivity index (χ3n) is 10.3. The van der Waals surface area contributed by atoms with E-state index in [0.717, 1.165) is 5.56 Å². The molecule has 0 aliphatic carbocycles. The van der Waals surface area contributed by atoms with Crippen molar-refractivity contribution in [2.24, 2.45) is 33.9 Å². The van der Waals surface area contributed by atoms with Gasteiger partial charge in [-0.15, -0.1) is 0 Å². The number of nitrogens with one attached hydrogen (secondary N) is 1. The zero-order valence-corrected chi connectivity index (χ0v) is 34.2. The number of nitrogens with zero attached hydrogens (tertiary/aromatic N) is 6. The summed E-state index contributed by atoms with van der Waals surface area (Å²) in [4.78, 5) is 29.6. The molecule has 56 heavy (non-hydrogen) atoms. The predicted molar refractivity (Wildman–Crippen MR) is 201 cm³/mol. The molecular formula is C35H48Cl3N7O11. The minimum atomic E-state index is -2.25. The van der Waals surface area contributed by atoms with Gasteiger partial charge in [-0.3, -0.25) is 15.0 Å². The Hall–Kier alpha value is -3.12. The lowest BCUT2D eigenvalue weighted by molar-refractivity contribution is -0.352. The summed E-state index contributed by atoms with van der Waals surface area (Å²) < 4.78 is 52.7. The summed E-state index contributed by atoms with van der Waals surface area (Å²) in [5, 5.41) is 16.0. The van der Waals surface area contributed by atoms with Crippen LogP contribution in [0, 0.1) is 29.1 Å². The zero-order chi connectivity index (χ0) is 41.3. The van der Waals surface area contributed by atoms with E-state index >= 15 is 0 Å². The molecule has 3 saturated heterocycles. The van der Waals surface area contributed by atoms with Gasteiger partial charge in [0.15, 0.2) is 12.6 Å². The first-order valence-electron chi connectivity index (χ1n) is 18.1. The number of carbonyl (C=O) groups excluding carboxylic acids is 2. The fraction of sp³-hybridized carbons (Fsp3) is 0.743. The van der Waals surface area contributed by atoms with Crippen molar-refractivity contribution in [3.63, 3.8) is 0 Å². The van der Waals surface area contributed by atoms with Gasteiger partial charge < -0.3 is 42.6 Å². The Bertz CT molecular complexity index is 1600. The Kier molecular flexibility index (Phi) is 16.7. The van der Waals surface area contributed by atoms with E-state index in [4.69, 9.17) is 82.8 Å². The summed E-state index contributed by atoms with van der Waals surface area (Å²) in [5.74, 6) is -3.39. The lowest BCUT2D eigenvalue weighted by Crippen LogP contribution is -2.62. The molecule has 7 unspecified atom stereocenters. The first-order chi connectivity index (χ1) is 26.5. The SMILES string of the molecule is CC(=O)OCC1O[C@H](O[C@@H]2C(C)O[C@@H](O[C@@H]3C(COC(C)=O)OC(OC(=N)C(Cl)(Cl)Cl)C(N=[N+]=[N-])[C@H]3C)C(OCc3ccccc3)[C@H]2C)C(N=[N+]=[N-])[C@@H](C)[C@@H]1C. The number of ether oxygens (including phenoxy) is 9. The molecule has 1 aromatic rings. The van der Waals surface area contributed by atoms with Crippen LogP contribution in [0.2, 0.25) is 0 Å². The Balaban J connectivity index is 1.66. The fourth-order valence-electron chi connectivity index (χ4n) is 7.03. The van der Waals surface area contributed by atoms with Crippen molar-refractivity contribution in [3.8, 4) is 0 Å². The van der Waals surface area contributed by atoms with Crippen molar-refractivity contribution in [1.82, 2.24) is 0 Å². The topological polar surface area (TPSA) is 239 Å². The zero-order valence-electron chi connectivity index (χ0n) is 32.0.